The van der Waals surface area contributed by atoms with Gasteiger partial charge in [0.1, 0.15) is 5.69 Å². The molecule has 2 saturated heterocycles. The number of rotatable bonds is 2. The third-order valence-corrected chi connectivity index (χ3v) is 5.94. The Morgan fingerprint density at radius 1 is 1.19 bits per heavy atom. The van der Waals surface area contributed by atoms with Gasteiger partial charge in [0.25, 0.3) is 5.79 Å². The normalized spacial score (nSPS) is 31.2. The van der Waals surface area contributed by atoms with Crippen LogP contribution in [0, 0.1) is 5.92 Å². The minimum absolute atomic E-state index is 0.550. The SMILES string of the molecule is CC.CN1CC2CC1C2c1cccc2c1OC(C)(c1ccc(Cl)cn1)O2. The lowest BCUT2D eigenvalue weighted by molar-refractivity contribution is -0.0724. The van der Waals surface area contributed by atoms with Gasteiger partial charge in [-0.05, 0) is 37.6 Å². The molecule has 1 aromatic heterocycles. The first kappa shape index (κ1) is 17.6. The van der Waals surface area contributed by atoms with Crippen molar-refractivity contribution in [2.45, 2.75) is 44.9 Å². The Labute approximate surface area is 160 Å². The molecule has 5 heteroatoms. The fourth-order valence-electron chi connectivity index (χ4n) is 4.49. The average Bonchev–Trinajstić information content (AvgIpc) is 3.27. The van der Waals surface area contributed by atoms with Gasteiger partial charge in [-0.15, -0.1) is 0 Å². The van der Waals surface area contributed by atoms with Gasteiger partial charge in [-0.3, -0.25) is 4.98 Å². The number of nitrogens with zero attached hydrogens (tertiary/aromatic N) is 2. The molecule has 4 aliphatic rings. The quantitative estimate of drug-likeness (QED) is 0.756. The Hall–Kier alpha value is -1.78. The molecule has 138 valence electrons. The molecule has 6 rings (SSSR count). The van der Waals surface area contributed by atoms with Crippen molar-refractivity contribution in [3.63, 3.8) is 0 Å². The molecule has 2 bridgehead atoms. The summed E-state index contributed by atoms with van der Waals surface area (Å²) in [4.78, 5) is 6.85. The van der Waals surface area contributed by atoms with Crippen molar-refractivity contribution in [1.82, 2.24) is 9.88 Å². The van der Waals surface area contributed by atoms with Gasteiger partial charge in [0.05, 0.1) is 5.02 Å². The first-order valence-electron chi connectivity index (χ1n) is 9.38. The first-order chi connectivity index (χ1) is 12.5. The summed E-state index contributed by atoms with van der Waals surface area (Å²) in [6.45, 7) is 7.09. The number of para-hydroxylation sites is 1. The summed E-state index contributed by atoms with van der Waals surface area (Å²) >= 11 is 5.95. The molecule has 1 aliphatic carbocycles. The fraction of sp³-hybridized carbons (Fsp3) is 0.476. The molecule has 4 heterocycles. The van der Waals surface area contributed by atoms with E-state index in [-0.39, 0.29) is 0 Å². The van der Waals surface area contributed by atoms with E-state index in [1.807, 2.05) is 39.0 Å². The molecule has 4 atom stereocenters. The summed E-state index contributed by atoms with van der Waals surface area (Å²) < 4.78 is 12.5. The van der Waals surface area contributed by atoms with Crippen molar-refractivity contribution in [3.05, 3.63) is 52.8 Å². The maximum absolute atomic E-state index is 6.32. The Bertz CT molecular complexity index is 810. The van der Waals surface area contributed by atoms with Gasteiger partial charge in [-0.2, -0.15) is 0 Å². The predicted molar refractivity (Wildman–Crippen MR) is 103 cm³/mol. The zero-order chi connectivity index (χ0) is 18.5. The number of ether oxygens (including phenoxy) is 2. The Kier molecular flexibility index (Phi) is 4.36. The number of fused-ring (bicyclic) bond motifs is 2. The highest BCUT2D eigenvalue weighted by molar-refractivity contribution is 6.30. The van der Waals surface area contributed by atoms with Crippen LogP contribution >= 0.6 is 11.6 Å². The summed E-state index contributed by atoms with van der Waals surface area (Å²) in [5, 5.41) is 0.604. The first-order valence-corrected chi connectivity index (χ1v) is 9.76. The standard InChI is InChI=1S/C19H19ClN2O2.C2H6/c1-19(16-7-6-12(20)9-21-16)23-15-5-3-4-13(18(15)24-19)17-11-8-14(17)22(2)10-11;1-2/h3-7,9,11,14,17H,8,10H2,1-2H3;1-2H3. The van der Waals surface area contributed by atoms with Gasteiger partial charge < -0.3 is 14.4 Å². The molecule has 0 spiro atoms. The van der Waals surface area contributed by atoms with Gasteiger partial charge in [-0.1, -0.05) is 37.6 Å². The third-order valence-electron chi connectivity index (χ3n) is 5.72. The molecule has 3 fully saturated rings. The van der Waals surface area contributed by atoms with Crippen LogP contribution in [0.1, 0.15) is 44.4 Å². The topological polar surface area (TPSA) is 34.6 Å². The molecule has 0 N–H and O–H groups in total. The van der Waals surface area contributed by atoms with Crippen LogP contribution < -0.4 is 9.47 Å². The fourth-order valence-corrected chi connectivity index (χ4v) is 4.60. The monoisotopic (exact) mass is 372 g/mol. The summed E-state index contributed by atoms with van der Waals surface area (Å²) in [6.07, 6.45) is 2.92. The summed E-state index contributed by atoms with van der Waals surface area (Å²) in [7, 11) is 2.22. The summed E-state index contributed by atoms with van der Waals surface area (Å²) in [6, 6.07) is 10.5. The predicted octanol–water partition coefficient (Wildman–Crippen LogP) is 4.82. The van der Waals surface area contributed by atoms with Crippen molar-refractivity contribution in [3.8, 4) is 11.5 Å². The second-order valence-corrected chi connectivity index (χ2v) is 7.65. The van der Waals surface area contributed by atoms with Crippen LogP contribution in [0.2, 0.25) is 5.02 Å². The molecular weight excluding hydrogens is 348 g/mol. The number of likely N-dealkylation sites (N-methyl/N-ethyl adjacent to an activating group) is 1. The number of hydrogen-bond donors (Lipinski definition) is 0. The lowest BCUT2D eigenvalue weighted by atomic mass is 9.70. The van der Waals surface area contributed by atoms with E-state index in [4.69, 9.17) is 21.1 Å². The lowest BCUT2D eigenvalue weighted by Crippen LogP contribution is -2.36. The van der Waals surface area contributed by atoms with Crippen LogP contribution in [-0.4, -0.2) is 29.5 Å². The highest BCUT2D eigenvalue weighted by Crippen LogP contribution is 2.57. The highest BCUT2D eigenvalue weighted by Gasteiger charge is 2.53. The number of hydrogen-bond acceptors (Lipinski definition) is 4. The Morgan fingerprint density at radius 3 is 2.62 bits per heavy atom. The number of benzene rings is 1. The number of aromatic nitrogens is 1. The summed E-state index contributed by atoms with van der Waals surface area (Å²) in [5.41, 5.74) is 2.00. The minimum Gasteiger partial charge on any atom is -0.443 e. The molecular formula is C21H25ClN2O2. The highest BCUT2D eigenvalue weighted by atomic mass is 35.5. The van der Waals surface area contributed by atoms with Gasteiger partial charge in [0.15, 0.2) is 11.5 Å². The van der Waals surface area contributed by atoms with E-state index in [1.165, 1.54) is 18.5 Å². The molecule has 3 aliphatic heterocycles. The van der Waals surface area contributed by atoms with E-state index in [2.05, 4.69) is 29.1 Å². The van der Waals surface area contributed by atoms with Gasteiger partial charge in [-0.25, -0.2) is 0 Å². The Balaban J connectivity index is 0.000000814. The molecule has 4 unspecified atom stereocenters. The van der Waals surface area contributed by atoms with Crippen molar-refractivity contribution < 1.29 is 9.47 Å². The summed E-state index contributed by atoms with van der Waals surface area (Å²) in [5.74, 6) is 2.06. The maximum atomic E-state index is 6.32. The van der Waals surface area contributed by atoms with E-state index in [0.717, 1.165) is 23.1 Å². The molecule has 26 heavy (non-hydrogen) atoms. The molecule has 4 nitrogen and oxygen atoms in total. The second kappa shape index (κ2) is 6.43. The van der Waals surface area contributed by atoms with Crippen molar-refractivity contribution in [2.75, 3.05) is 13.6 Å². The molecule has 0 radical (unpaired) electrons. The van der Waals surface area contributed by atoms with Crippen LogP contribution in [0.15, 0.2) is 36.5 Å². The zero-order valence-electron chi connectivity index (χ0n) is 15.7. The van der Waals surface area contributed by atoms with E-state index >= 15 is 0 Å². The zero-order valence-corrected chi connectivity index (χ0v) is 16.5. The molecule has 2 aromatic rings. The molecule has 0 amide bonds. The van der Waals surface area contributed by atoms with Crippen molar-refractivity contribution >= 4 is 11.6 Å². The van der Waals surface area contributed by atoms with Gasteiger partial charge >= 0.3 is 0 Å². The smallest absolute Gasteiger partial charge is 0.292 e. The van der Waals surface area contributed by atoms with Crippen LogP contribution in [0.4, 0.5) is 0 Å². The van der Waals surface area contributed by atoms with Crippen LogP contribution in [0.5, 0.6) is 11.5 Å². The van der Waals surface area contributed by atoms with Crippen LogP contribution in [0.3, 0.4) is 0 Å². The average molecular weight is 373 g/mol. The number of pyridine rings is 1. The third kappa shape index (κ3) is 2.58. The van der Waals surface area contributed by atoms with Crippen LogP contribution in [-0.2, 0) is 5.79 Å². The van der Waals surface area contributed by atoms with E-state index in [1.54, 1.807) is 6.20 Å². The number of halogens is 1. The van der Waals surface area contributed by atoms with E-state index in [0.29, 0.717) is 17.0 Å². The minimum atomic E-state index is -0.905. The van der Waals surface area contributed by atoms with Crippen LogP contribution in [0.25, 0.3) is 0 Å². The second-order valence-electron chi connectivity index (χ2n) is 7.21. The maximum Gasteiger partial charge on any atom is 0.292 e. The Morgan fingerprint density at radius 2 is 2.00 bits per heavy atom. The van der Waals surface area contributed by atoms with Gasteiger partial charge in [0, 0.05) is 37.2 Å². The van der Waals surface area contributed by atoms with Crippen molar-refractivity contribution in [1.29, 1.82) is 0 Å². The van der Waals surface area contributed by atoms with E-state index in [9.17, 15) is 0 Å². The van der Waals surface area contributed by atoms with Gasteiger partial charge in [0.2, 0.25) is 0 Å². The largest absolute Gasteiger partial charge is 0.443 e. The lowest BCUT2D eigenvalue weighted by Gasteiger charge is -2.37. The van der Waals surface area contributed by atoms with Crippen molar-refractivity contribution in [2.24, 2.45) is 5.92 Å². The van der Waals surface area contributed by atoms with E-state index < -0.39 is 5.79 Å². The molecule has 1 saturated carbocycles. The molecule has 1 aromatic carbocycles.